The number of halogens is 3. The van der Waals surface area contributed by atoms with Crippen LogP contribution in [0.25, 0.3) is 0 Å². The highest BCUT2D eigenvalue weighted by molar-refractivity contribution is 6.37. The van der Waals surface area contributed by atoms with Crippen LogP contribution in [0.15, 0.2) is 48.7 Å². The summed E-state index contributed by atoms with van der Waals surface area (Å²) in [4.78, 5) is 22.3. The Balaban J connectivity index is 1.20. The molecular formula is C33H35Cl3N4O3. The van der Waals surface area contributed by atoms with Gasteiger partial charge in [-0.05, 0) is 79.1 Å². The summed E-state index contributed by atoms with van der Waals surface area (Å²) in [6.07, 6.45) is 5.43. The molecule has 0 unspecified atom stereocenters. The van der Waals surface area contributed by atoms with Crippen LogP contribution in [0, 0.1) is 24.2 Å². The molecule has 0 bridgehead atoms. The fraction of sp³-hybridized carbons (Fsp3) is 0.424. The highest BCUT2D eigenvalue weighted by Crippen LogP contribution is 2.36. The van der Waals surface area contributed by atoms with Crippen molar-refractivity contribution in [2.24, 2.45) is 5.92 Å². The van der Waals surface area contributed by atoms with Crippen molar-refractivity contribution in [2.45, 2.75) is 57.7 Å². The van der Waals surface area contributed by atoms with Gasteiger partial charge in [0.05, 0.1) is 29.3 Å². The van der Waals surface area contributed by atoms with Crippen molar-refractivity contribution in [3.63, 3.8) is 0 Å². The van der Waals surface area contributed by atoms with Gasteiger partial charge >= 0.3 is 0 Å². The van der Waals surface area contributed by atoms with Gasteiger partial charge in [-0.25, -0.2) is 4.98 Å². The Bertz CT molecular complexity index is 1470. The van der Waals surface area contributed by atoms with Gasteiger partial charge in [-0.2, -0.15) is 5.26 Å². The zero-order chi connectivity index (χ0) is 30.5. The van der Waals surface area contributed by atoms with Gasteiger partial charge in [-0.15, -0.1) is 0 Å². The maximum Gasteiger partial charge on any atom is 0.240 e. The van der Waals surface area contributed by atoms with Gasteiger partial charge in [0.15, 0.2) is 5.75 Å². The van der Waals surface area contributed by atoms with Crippen molar-refractivity contribution < 1.29 is 14.3 Å². The molecule has 1 aromatic heterocycles. The number of carbonyl (C=O) groups excluding carboxylic acids is 1. The summed E-state index contributed by atoms with van der Waals surface area (Å²) in [5.74, 6) is 0.355. The molecule has 0 radical (unpaired) electrons. The first-order valence-corrected chi connectivity index (χ1v) is 15.7. The Kier molecular flexibility index (Phi) is 10.4. The summed E-state index contributed by atoms with van der Waals surface area (Å²) in [6.45, 7) is 4.36. The monoisotopic (exact) mass is 640 g/mol. The molecule has 2 atom stereocenters. The average molecular weight is 642 g/mol. The van der Waals surface area contributed by atoms with Crippen LogP contribution in [0.1, 0.15) is 41.5 Å². The first-order chi connectivity index (χ1) is 20.7. The Morgan fingerprint density at radius 2 is 1.84 bits per heavy atom. The lowest BCUT2D eigenvalue weighted by Gasteiger charge is -2.26. The minimum atomic E-state index is -0.808. The molecule has 43 heavy (non-hydrogen) atoms. The summed E-state index contributed by atoms with van der Waals surface area (Å²) < 4.78 is 11.4. The van der Waals surface area contributed by atoms with E-state index in [1.165, 1.54) is 0 Å². The second kappa shape index (κ2) is 14.2. The number of nitrogens with zero attached hydrogens (tertiary/aromatic N) is 4. The van der Waals surface area contributed by atoms with E-state index in [1.807, 2.05) is 54.3 Å². The number of rotatable bonds is 12. The van der Waals surface area contributed by atoms with Crippen LogP contribution in [0.3, 0.4) is 0 Å². The van der Waals surface area contributed by atoms with E-state index in [4.69, 9.17) is 44.3 Å². The summed E-state index contributed by atoms with van der Waals surface area (Å²) in [5.41, 5.74) is 3.81. The predicted octanol–water partition coefficient (Wildman–Crippen LogP) is 7.07. The van der Waals surface area contributed by atoms with Crippen molar-refractivity contribution in [1.82, 2.24) is 9.88 Å². The number of hydrogen-bond acceptors (Lipinski definition) is 6. The number of carbonyl (C=O) groups is 1. The van der Waals surface area contributed by atoms with Crippen molar-refractivity contribution >= 4 is 46.5 Å². The number of pyridine rings is 1. The van der Waals surface area contributed by atoms with E-state index in [-0.39, 0.29) is 18.1 Å². The smallest absolute Gasteiger partial charge is 0.240 e. The lowest BCUT2D eigenvalue weighted by molar-refractivity contribution is -0.135. The Morgan fingerprint density at radius 1 is 1.09 bits per heavy atom. The van der Waals surface area contributed by atoms with E-state index < -0.39 is 5.92 Å². The molecule has 2 fully saturated rings. The molecule has 2 heterocycles. The Labute approximate surface area is 268 Å². The number of aryl methyl sites for hydroxylation is 1. The highest BCUT2D eigenvalue weighted by atomic mass is 35.5. The third kappa shape index (κ3) is 7.93. The molecule has 1 saturated carbocycles. The SMILES string of the molecule is COCCc1ccc(Cl)c(CN(C(=O)[C@H](C#N)Cc2ccc(N3CC[C@H](Oc4c(Cl)cc(C)cc4Cl)C3)nc2)C2CC2)c1. The Morgan fingerprint density at radius 3 is 2.49 bits per heavy atom. The number of amides is 1. The second-order valence-corrected chi connectivity index (χ2v) is 12.5. The zero-order valence-corrected chi connectivity index (χ0v) is 26.6. The molecule has 2 aliphatic rings. The molecule has 2 aromatic carbocycles. The van der Waals surface area contributed by atoms with Gasteiger partial charge in [0.25, 0.3) is 0 Å². The van der Waals surface area contributed by atoms with Crippen LogP contribution < -0.4 is 9.64 Å². The number of aromatic nitrogens is 1. The number of methoxy groups -OCH3 is 1. The average Bonchev–Trinajstić information content (AvgIpc) is 3.73. The van der Waals surface area contributed by atoms with Crippen LogP contribution in [0.2, 0.25) is 15.1 Å². The maximum absolute atomic E-state index is 13.6. The third-order valence-electron chi connectivity index (χ3n) is 7.92. The van der Waals surface area contributed by atoms with E-state index >= 15 is 0 Å². The third-order valence-corrected chi connectivity index (χ3v) is 8.85. The van der Waals surface area contributed by atoms with Crippen molar-refractivity contribution in [2.75, 3.05) is 31.7 Å². The van der Waals surface area contributed by atoms with Gasteiger partial charge in [-0.3, -0.25) is 4.79 Å². The van der Waals surface area contributed by atoms with Gasteiger partial charge in [0, 0.05) is 43.9 Å². The van der Waals surface area contributed by atoms with Crippen LogP contribution in [0.5, 0.6) is 5.75 Å². The molecule has 3 aromatic rings. The molecular weight excluding hydrogens is 607 g/mol. The highest BCUT2D eigenvalue weighted by Gasteiger charge is 2.36. The minimum absolute atomic E-state index is 0.0673. The van der Waals surface area contributed by atoms with Crippen LogP contribution in [-0.2, 0) is 28.9 Å². The standard InChI is InChI=1S/C33H35Cl3N4O3/c1-21-13-29(35)32(30(36)14-21)43-27-9-11-39(20-27)31-8-4-23(18-38-31)16-24(17-37)33(41)40(26-5-6-26)19-25-15-22(10-12-42-2)3-7-28(25)34/h3-4,7-8,13-15,18,24,26-27H,5-6,9-12,16,19-20H2,1-2H3/t24-,27-/m0/s1. The predicted molar refractivity (Wildman–Crippen MR) is 170 cm³/mol. The van der Waals surface area contributed by atoms with Gasteiger partial charge in [0.2, 0.25) is 5.91 Å². The zero-order valence-electron chi connectivity index (χ0n) is 24.4. The first kappa shape index (κ1) is 31.4. The lowest BCUT2D eigenvalue weighted by Crippen LogP contribution is -2.38. The molecule has 1 amide bonds. The van der Waals surface area contributed by atoms with Gasteiger partial charge in [0.1, 0.15) is 17.8 Å². The normalized spacial score (nSPS) is 17.0. The van der Waals surface area contributed by atoms with E-state index in [0.717, 1.165) is 60.3 Å². The number of nitriles is 1. The number of anilines is 1. The van der Waals surface area contributed by atoms with Crippen LogP contribution >= 0.6 is 34.8 Å². The summed E-state index contributed by atoms with van der Waals surface area (Å²) in [6, 6.07) is 15.8. The lowest BCUT2D eigenvalue weighted by atomic mass is 9.99. The van der Waals surface area contributed by atoms with E-state index in [2.05, 4.69) is 16.0 Å². The molecule has 1 aliphatic heterocycles. The van der Waals surface area contributed by atoms with E-state index in [9.17, 15) is 10.1 Å². The Hall–Kier alpha value is -3.02. The molecule has 10 heteroatoms. The maximum atomic E-state index is 13.6. The molecule has 5 rings (SSSR count). The number of hydrogen-bond donors (Lipinski definition) is 0. The van der Waals surface area contributed by atoms with E-state index in [1.54, 1.807) is 13.3 Å². The topological polar surface area (TPSA) is 78.7 Å². The number of ether oxygens (including phenoxy) is 2. The van der Waals surface area contributed by atoms with Crippen LogP contribution in [-0.4, -0.2) is 54.7 Å². The second-order valence-electron chi connectivity index (χ2n) is 11.3. The molecule has 226 valence electrons. The number of benzene rings is 2. The molecule has 1 aliphatic carbocycles. The fourth-order valence-electron chi connectivity index (χ4n) is 5.43. The molecule has 0 spiro atoms. The van der Waals surface area contributed by atoms with Crippen molar-refractivity contribution in [3.8, 4) is 11.8 Å². The largest absolute Gasteiger partial charge is 0.485 e. The quantitative estimate of drug-likeness (QED) is 0.211. The van der Waals surface area contributed by atoms with Crippen LogP contribution in [0.4, 0.5) is 5.82 Å². The fourth-order valence-corrected chi connectivity index (χ4v) is 6.29. The summed E-state index contributed by atoms with van der Waals surface area (Å²) >= 11 is 19.3. The first-order valence-electron chi connectivity index (χ1n) is 14.5. The van der Waals surface area contributed by atoms with Crippen molar-refractivity contribution in [1.29, 1.82) is 5.26 Å². The van der Waals surface area contributed by atoms with Gasteiger partial charge < -0.3 is 19.3 Å². The summed E-state index contributed by atoms with van der Waals surface area (Å²) in [7, 11) is 1.67. The molecule has 0 N–H and O–H groups in total. The van der Waals surface area contributed by atoms with E-state index in [0.29, 0.717) is 46.9 Å². The molecule has 7 nitrogen and oxygen atoms in total. The molecule has 1 saturated heterocycles. The minimum Gasteiger partial charge on any atom is -0.485 e. The summed E-state index contributed by atoms with van der Waals surface area (Å²) in [5, 5.41) is 11.6. The van der Waals surface area contributed by atoms with Gasteiger partial charge in [-0.1, -0.05) is 53.0 Å². The van der Waals surface area contributed by atoms with Crippen molar-refractivity contribution in [3.05, 3.63) is 86.0 Å².